The Labute approximate surface area is 93.4 Å². The molecule has 4 nitrogen and oxygen atoms in total. The van der Waals surface area contributed by atoms with E-state index >= 15 is 0 Å². The third-order valence-corrected chi connectivity index (χ3v) is 2.89. The second-order valence-corrected chi connectivity index (χ2v) is 4.53. The van der Waals surface area contributed by atoms with E-state index in [1.54, 1.807) is 11.3 Å². The van der Waals surface area contributed by atoms with Gasteiger partial charge in [-0.1, -0.05) is 0 Å². The molecule has 1 unspecified atom stereocenters. The van der Waals surface area contributed by atoms with Crippen LogP contribution in [0.2, 0.25) is 0 Å². The van der Waals surface area contributed by atoms with E-state index in [9.17, 15) is 4.79 Å². The molecule has 2 N–H and O–H groups in total. The van der Waals surface area contributed by atoms with Crippen LogP contribution in [-0.4, -0.2) is 22.6 Å². The van der Waals surface area contributed by atoms with Gasteiger partial charge in [-0.05, 0) is 26.8 Å². The average Bonchev–Trinajstić information content (AvgIpc) is 2.59. The lowest BCUT2D eigenvalue weighted by atomic mass is 10.2. The third kappa shape index (κ3) is 4.40. The standard InChI is InChI=1S/C10H16N2O2S/c1-7(9-6-15-8(2)12-9)11-5-3-4-10(13)14/h6-7,11H,3-5H2,1-2H3,(H,13,14). The molecule has 1 aromatic rings. The Bertz CT molecular complexity index is 325. The number of aryl methyl sites for hydroxylation is 1. The Kier molecular flexibility index (Phi) is 4.71. The fourth-order valence-electron chi connectivity index (χ4n) is 1.24. The van der Waals surface area contributed by atoms with Crippen molar-refractivity contribution < 1.29 is 9.90 Å². The summed E-state index contributed by atoms with van der Waals surface area (Å²) in [5.74, 6) is -0.742. The van der Waals surface area contributed by atoms with Crippen molar-refractivity contribution in [1.82, 2.24) is 10.3 Å². The summed E-state index contributed by atoms with van der Waals surface area (Å²) in [6.07, 6.45) is 0.874. The van der Waals surface area contributed by atoms with Gasteiger partial charge in [0.1, 0.15) is 0 Å². The Morgan fingerprint density at radius 2 is 2.47 bits per heavy atom. The Morgan fingerprint density at radius 1 is 1.73 bits per heavy atom. The molecule has 0 fully saturated rings. The number of carboxylic acids is 1. The minimum absolute atomic E-state index is 0.198. The summed E-state index contributed by atoms with van der Waals surface area (Å²) in [5, 5.41) is 14.8. The van der Waals surface area contributed by atoms with Crippen molar-refractivity contribution in [2.24, 2.45) is 0 Å². The predicted octanol–water partition coefficient (Wildman–Crippen LogP) is 1.97. The number of carbonyl (C=O) groups is 1. The van der Waals surface area contributed by atoms with Gasteiger partial charge in [-0.15, -0.1) is 11.3 Å². The molecule has 0 bridgehead atoms. The maximum absolute atomic E-state index is 10.3. The van der Waals surface area contributed by atoms with Crippen LogP contribution in [0.4, 0.5) is 0 Å². The second kappa shape index (κ2) is 5.82. The lowest BCUT2D eigenvalue weighted by Crippen LogP contribution is -2.20. The van der Waals surface area contributed by atoms with Crippen LogP contribution in [0.1, 0.15) is 36.5 Å². The van der Waals surface area contributed by atoms with Crippen LogP contribution < -0.4 is 5.32 Å². The van der Waals surface area contributed by atoms with E-state index in [1.165, 1.54) is 0 Å². The van der Waals surface area contributed by atoms with Crippen molar-refractivity contribution in [2.45, 2.75) is 32.7 Å². The first kappa shape index (κ1) is 12.1. The zero-order chi connectivity index (χ0) is 11.3. The molecule has 0 aliphatic rings. The van der Waals surface area contributed by atoms with Gasteiger partial charge < -0.3 is 10.4 Å². The minimum atomic E-state index is -0.742. The number of rotatable bonds is 6. The number of nitrogens with zero attached hydrogens (tertiary/aromatic N) is 1. The van der Waals surface area contributed by atoms with E-state index in [2.05, 4.69) is 10.3 Å². The number of hydrogen-bond acceptors (Lipinski definition) is 4. The van der Waals surface area contributed by atoms with Crippen molar-refractivity contribution in [3.63, 3.8) is 0 Å². The number of aliphatic carboxylic acids is 1. The lowest BCUT2D eigenvalue weighted by molar-refractivity contribution is -0.137. The van der Waals surface area contributed by atoms with Crippen molar-refractivity contribution in [1.29, 1.82) is 0 Å². The van der Waals surface area contributed by atoms with Crippen molar-refractivity contribution in [3.05, 3.63) is 16.1 Å². The van der Waals surface area contributed by atoms with Crippen molar-refractivity contribution in [2.75, 3.05) is 6.54 Å². The highest BCUT2D eigenvalue weighted by atomic mass is 32.1. The lowest BCUT2D eigenvalue weighted by Gasteiger charge is -2.10. The molecule has 84 valence electrons. The summed E-state index contributed by atoms with van der Waals surface area (Å²) in [5.41, 5.74) is 1.04. The van der Waals surface area contributed by atoms with E-state index in [-0.39, 0.29) is 12.5 Å². The van der Waals surface area contributed by atoms with E-state index in [0.29, 0.717) is 13.0 Å². The monoisotopic (exact) mass is 228 g/mol. The van der Waals surface area contributed by atoms with E-state index < -0.39 is 5.97 Å². The molecule has 5 heteroatoms. The summed E-state index contributed by atoms with van der Waals surface area (Å²) in [7, 11) is 0. The maximum atomic E-state index is 10.3. The normalized spacial score (nSPS) is 12.7. The number of hydrogen-bond donors (Lipinski definition) is 2. The Hall–Kier alpha value is -0.940. The molecule has 0 amide bonds. The molecule has 0 aliphatic carbocycles. The molecule has 0 aliphatic heterocycles. The summed E-state index contributed by atoms with van der Waals surface area (Å²) in [6, 6.07) is 0.198. The summed E-state index contributed by atoms with van der Waals surface area (Å²) in [6.45, 7) is 4.73. The highest BCUT2D eigenvalue weighted by Gasteiger charge is 2.07. The first-order valence-corrected chi connectivity index (χ1v) is 5.84. The first-order valence-electron chi connectivity index (χ1n) is 4.97. The van der Waals surface area contributed by atoms with Gasteiger partial charge in [0.25, 0.3) is 0 Å². The summed E-state index contributed by atoms with van der Waals surface area (Å²) < 4.78 is 0. The summed E-state index contributed by atoms with van der Waals surface area (Å²) >= 11 is 1.63. The van der Waals surface area contributed by atoms with E-state index in [0.717, 1.165) is 10.7 Å². The van der Waals surface area contributed by atoms with Gasteiger partial charge in [-0.3, -0.25) is 4.79 Å². The number of nitrogens with one attached hydrogen (secondary N) is 1. The number of carboxylic acid groups (broad SMARTS) is 1. The van der Waals surface area contributed by atoms with E-state index in [4.69, 9.17) is 5.11 Å². The SMILES string of the molecule is Cc1nc(C(C)NCCCC(=O)O)cs1. The Balaban J connectivity index is 2.24. The molecule has 0 radical (unpaired) electrons. The van der Waals surface area contributed by atoms with Gasteiger partial charge >= 0.3 is 5.97 Å². The fourth-order valence-corrected chi connectivity index (χ4v) is 1.95. The maximum Gasteiger partial charge on any atom is 0.303 e. The third-order valence-electron chi connectivity index (χ3n) is 2.10. The van der Waals surface area contributed by atoms with Crippen LogP contribution >= 0.6 is 11.3 Å². The van der Waals surface area contributed by atoms with Gasteiger partial charge in [0.15, 0.2) is 0 Å². The van der Waals surface area contributed by atoms with Gasteiger partial charge in [0.2, 0.25) is 0 Å². The molecule has 1 atom stereocenters. The zero-order valence-corrected chi connectivity index (χ0v) is 9.80. The molecule has 0 saturated carbocycles. The van der Waals surface area contributed by atoms with Crippen LogP contribution in [0.25, 0.3) is 0 Å². The van der Waals surface area contributed by atoms with Crippen molar-refractivity contribution >= 4 is 17.3 Å². The van der Waals surface area contributed by atoms with Crippen LogP contribution in [0.3, 0.4) is 0 Å². The largest absolute Gasteiger partial charge is 0.481 e. The van der Waals surface area contributed by atoms with Crippen molar-refractivity contribution in [3.8, 4) is 0 Å². The van der Waals surface area contributed by atoms with Gasteiger partial charge in [-0.2, -0.15) is 0 Å². The topological polar surface area (TPSA) is 62.2 Å². The quantitative estimate of drug-likeness (QED) is 0.731. The molecule has 0 aromatic carbocycles. The first-order chi connectivity index (χ1) is 7.09. The molecule has 1 heterocycles. The second-order valence-electron chi connectivity index (χ2n) is 3.46. The molecule has 1 aromatic heterocycles. The molecular formula is C10H16N2O2S. The minimum Gasteiger partial charge on any atom is -0.481 e. The predicted molar refractivity (Wildman–Crippen MR) is 60.1 cm³/mol. The van der Waals surface area contributed by atoms with Crippen LogP contribution in [0.5, 0.6) is 0 Å². The average molecular weight is 228 g/mol. The Morgan fingerprint density at radius 3 is 3.00 bits per heavy atom. The van der Waals surface area contributed by atoms with Crippen LogP contribution in [-0.2, 0) is 4.79 Å². The highest BCUT2D eigenvalue weighted by molar-refractivity contribution is 7.09. The van der Waals surface area contributed by atoms with Gasteiger partial charge in [0, 0.05) is 17.8 Å². The van der Waals surface area contributed by atoms with Crippen LogP contribution in [0.15, 0.2) is 5.38 Å². The molecule has 0 spiro atoms. The highest BCUT2D eigenvalue weighted by Crippen LogP contribution is 2.15. The number of aromatic nitrogens is 1. The molecule has 0 saturated heterocycles. The molecule has 1 rings (SSSR count). The van der Waals surface area contributed by atoms with Gasteiger partial charge in [0.05, 0.1) is 10.7 Å². The molecular weight excluding hydrogens is 212 g/mol. The zero-order valence-electron chi connectivity index (χ0n) is 8.99. The molecule has 15 heavy (non-hydrogen) atoms. The fraction of sp³-hybridized carbons (Fsp3) is 0.600. The van der Waals surface area contributed by atoms with E-state index in [1.807, 2.05) is 19.2 Å². The number of thiazole rings is 1. The summed E-state index contributed by atoms with van der Waals surface area (Å²) in [4.78, 5) is 14.6. The smallest absolute Gasteiger partial charge is 0.303 e. The van der Waals surface area contributed by atoms with Gasteiger partial charge in [-0.25, -0.2) is 4.98 Å². The van der Waals surface area contributed by atoms with Crippen LogP contribution in [0, 0.1) is 6.92 Å².